The first kappa shape index (κ1) is 23.9. The number of pyridine rings is 1. The minimum absolute atomic E-state index is 0.0224. The van der Waals surface area contributed by atoms with E-state index in [1.807, 2.05) is 13.0 Å². The summed E-state index contributed by atoms with van der Waals surface area (Å²) in [6.07, 6.45) is 4.89. The van der Waals surface area contributed by atoms with E-state index < -0.39 is 12.7 Å². The van der Waals surface area contributed by atoms with Crippen molar-refractivity contribution in [1.29, 1.82) is 0 Å². The van der Waals surface area contributed by atoms with E-state index in [1.165, 1.54) is 37.2 Å². The molecule has 2 N–H and O–H groups in total. The number of allylic oxidation sites excluding steroid dienone is 2. The third-order valence-electron chi connectivity index (χ3n) is 4.18. The van der Waals surface area contributed by atoms with Crippen molar-refractivity contribution in [2.75, 3.05) is 13.7 Å². The first-order chi connectivity index (χ1) is 14.4. The Morgan fingerprint density at radius 2 is 2.03 bits per heavy atom. The highest BCUT2D eigenvalue weighted by Crippen LogP contribution is 2.39. The lowest BCUT2D eigenvalue weighted by Crippen LogP contribution is -2.05. The summed E-state index contributed by atoms with van der Waals surface area (Å²) in [7, 11) is 1.46. The predicted molar refractivity (Wildman–Crippen MR) is 115 cm³/mol. The highest BCUT2D eigenvalue weighted by Gasteiger charge is 2.19. The van der Waals surface area contributed by atoms with E-state index in [0.29, 0.717) is 27.5 Å². The number of halogens is 2. The Labute approximate surface area is 179 Å². The van der Waals surface area contributed by atoms with Gasteiger partial charge < -0.3 is 19.7 Å². The van der Waals surface area contributed by atoms with Gasteiger partial charge in [-0.3, -0.25) is 0 Å². The first-order valence-corrected chi connectivity index (χ1v) is 10.2. The standard InChI is InChI=1S/C22H25F2NO4S/c1-4-6-16(13-26)30-19(5-2)21(27)15-7-8-18(29-22(23)24)17(11-15)14-9-10-25-20(12-14)28-3/h5-12,21-22,26-27H,4,13H2,1-3H3/b16-6-,19-5-/t21-/m1/s1. The highest BCUT2D eigenvalue weighted by atomic mass is 32.2. The van der Waals surface area contributed by atoms with Crippen LogP contribution in [-0.2, 0) is 0 Å². The fraction of sp³-hybridized carbons (Fsp3) is 0.318. The van der Waals surface area contributed by atoms with Crippen molar-refractivity contribution in [2.24, 2.45) is 0 Å². The van der Waals surface area contributed by atoms with Crippen molar-refractivity contribution >= 4 is 11.8 Å². The Balaban J connectivity index is 2.46. The zero-order chi connectivity index (χ0) is 22.1. The van der Waals surface area contributed by atoms with Gasteiger partial charge in [-0.05, 0) is 42.7 Å². The van der Waals surface area contributed by atoms with Gasteiger partial charge in [0.1, 0.15) is 11.9 Å². The van der Waals surface area contributed by atoms with Crippen LogP contribution in [-0.4, -0.2) is 35.5 Å². The molecule has 0 aliphatic carbocycles. The molecule has 0 unspecified atom stereocenters. The van der Waals surface area contributed by atoms with E-state index in [9.17, 15) is 19.0 Å². The van der Waals surface area contributed by atoms with Gasteiger partial charge in [0, 0.05) is 27.6 Å². The van der Waals surface area contributed by atoms with E-state index in [4.69, 9.17) is 4.74 Å². The molecule has 162 valence electrons. The van der Waals surface area contributed by atoms with Gasteiger partial charge in [0.2, 0.25) is 5.88 Å². The summed E-state index contributed by atoms with van der Waals surface area (Å²) in [6, 6.07) is 7.79. The Morgan fingerprint density at radius 1 is 1.27 bits per heavy atom. The molecular weight excluding hydrogens is 412 g/mol. The van der Waals surface area contributed by atoms with Crippen LogP contribution in [0.25, 0.3) is 11.1 Å². The number of aliphatic hydroxyl groups excluding tert-OH is 2. The number of methoxy groups -OCH3 is 1. The number of thioether (sulfide) groups is 1. The van der Waals surface area contributed by atoms with Crippen molar-refractivity contribution in [2.45, 2.75) is 33.0 Å². The van der Waals surface area contributed by atoms with Crippen molar-refractivity contribution in [1.82, 2.24) is 4.98 Å². The van der Waals surface area contributed by atoms with Gasteiger partial charge in [-0.2, -0.15) is 8.78 Å². The second kappa shape index (κ2) is 11.7. The minimum Gasteiger partial charge on any atom is -0.481 e. The number of aliphatic hydroxyl groups is 2. The van der Waals surface area contributed by atoms with Crippen LogP contribution in [0.4, 0.5) is 8.78 Å². The number of hydrogen-bond acceptors (Lipinski definition) is 6. The Kier molecular flexibility index (Phi) is 9.29. The van der Waals surface area contributed by atoms with E-state index in [0.717, 1.165) is 11.3 Å². The van der Waals surface area contributed by atoms with Crippen LogP contribution >= 0.6 is 11.8 Å². The summed E-state index contributed by atoms with van der Waals surface area (Å²) in [6.45, 7) is 0.622. The van der Waals surface area contributed by atoms with Gasteiger partial charge in [0.05, 0.1) is 13.7 Å². The average molecular weight is 438 g/mol. The average Bonchev–Trinajstić information content (AvgIpc) is 2.76. The highest BCUT2D eigenvalue weighted by molar-refractivity contribution is 8.06. The van der Waals surface area contributed by atoms with Crippen LogP contribution in [0.1, 0.15) is 31.9 Å². The van der Waals surface area contributed by atoms with Crippen molar-refractivity contribution < 1.29 is 28.5 Å². The SMILES string of the molecule is C/C=C(\S/C(=C\CC)CO)[C@H](O)c1ccc(OC(F)F)c(-c2ccnc(OC)c2)c1. The number of alkyl halides is 2. The molecule has 2 aromatic rings. The minimum atomic E-state index is -2.99. The maximum Gasteiger partial charge on any atom is 0.387 e. The molecular formula is C22H25F2NO4S. The summed E-state index contributed by atoms with van der Waals surface area (Å²) >= 11 is 1.28. The molecule has 8 heteroatoms. The quantitative estimate of drug-likeness (QED) is 0.525. The zero-order valence-corrected chi connectivity index (χ0v) is 17.8. The predicted octanol–water partition coefficient (Wildman–Crippen LogP) is 5.32. The van der Waals surface area contributed by atoms with Gasteiger partial charge in [-0.1, -0.05) is 36.9 Å². The Morgan fingerprint density at radius 3 is 2.63 bits per heavy atom. The molecule has 0 aliphatic rings. The molecule has 0 amide bonds. The summed E-state index contributed by atoms with van der Waals surface area (Å²) in [5, 5.41) is 20.4. The fourth-order valence-corrected chi connectivity index (χ4v) is 3.77. The lowest BCUT2D eigenvalue weighted by Gasteiger charge is -2.19. The number of benzene rings is 1. The molecule has 5 nitrogen and oxygen atoms in total. The summed E-state index contributed by atoms with van der Waals surface area (Å²) in [5.41, 5.74) is 1.43. The molecule has 30 heavy (non-hydrogen) atoms. The molecule has 0 saturated heterocycles. The summed E-state index contributed by atoms with van der Waals surface area (Å²) in [4.78, 5) is 5.37. The van der Waals surface area contributed by atoms with Gasteiger partial charge in [-0.15, -0.1) is 0 Å². The largest absolute Gasteiger partial charge is 0.481 e. The smallest absolute Gasteiger partial charge is 0.387 e. The molecule has 1 aromatic heterocycles. The second-order valence-corrected chi connectivity index (χ2v) is 7.35. The number of rotatable bonds is 10. The normalized spacial score (nSPS) is 13.5. The van der Waals surface area contributed by atoms with E-state index >= 15 is 0 Å². The zero-order valence-electron chi connectivity index (χ0n) is 17.0. The van der Waals surface area contributed by atoms with Gasteiger partial charge in [0.15, 0.2) is 0 Å². The first-order valence-electron chi connectivity index (χ1n) is 9.34. The Bertz CT molecular complexity index is 902. The monoisotopic (exact) mass is 437 g/mol. The van der Waals surface area contributed by atoms with Gasteiger partial charge in [0.25, 0.3) is 0 Å². The molecule has 1 atom stereocenters. The molecule has 2 rings (SSSR count). The molecule has 0 spiro atoms. The molecule has 0 aliphatic heterocycles. The number of ether oxygens (including phenoxy) is 2. The van der Waals surface area contributed by atoms with Crippen molar-refractivity contribution in [3.63, 3.8) is 0 Å². The van der Waals surface area contributed by atoms with Gasteiger partial charge >= 0.3 is 6.61 Å². The van der Waals surface area contributed by atoms with Crippen LogP contribution in [0.2, 0.25) is 0 Å². The fourth-order valence-electron chi connectivity index (χ4n) is 2.79. The number of nitrogens with zero attached hydrogens (tertiary/aromatic N) is 1. The summed E-state index contributed by atoms with van der Waals surface area (Å²) in [5.74, 6) is 0.300. The summed E-state index contributed by atoms with van der Waals surface area (Å²) < 4.78 is 35.6. The maximum absolute atomic E-state index is 12.9. The lowest BCUT2D eigenvalue weighted by atomic mass is 9.99. The molecule has 0 radical (unpaired) electrons. The van der Waals surface area contributed by atoms with Crippen LogP contribution in [0.15, 0.2) is 58.5 Å². The van der Waals surface area contributed by atoms with Crippen molar-refractivity contribution in [3.8, 4) is 22.8 Å². The lowest BCUT2D eigenvalue weighted by molar-refractivity contribution is -0.0494. The van der Waals surface area contributed by atoms with E-state index in [1.54, 1.807) is 31.2 Å². The van der Waals surface area contributed by atoms with Crippen LogP contribution in [0, 0.1) is 0 Å². The van der Waals surface area contributed by atoms with Crippen LogP contribution in [0.5, 0.6) is 11.6 Å². The maximum atomic E-state index is 12.9. The molecule has 1 aromatic carbocycles. The topological polar surface area (TPSA) is 71.8 Å². The van der Waals surface area contributed by atoms with Crippen LogP contribution < -0.4 is 9.47 Å². The molecule has 0 saturated carbocycles. The van der Waals surface area contributed by atoms with E-state index in [-0.39, 0.29) is 12.4 Å². The molecule has 1 heterocycles. The molecule has 0 fully saturated rings. The number of hydrogen-bond donors (Lipinski definition) is 2. The third-order valence-corrected chi connectivity index (χ3v) is 5.43. The Hall–Kier alpha value is -2.42. The molecule has 0 bridgehead atoms. The van der Waals surface area contributed by atoms with Gasteiger partial charge in [-0.25, -0.2) is 4.98 Å². The van der Waals surface area contributed by atoms with Crippen molar-refractivity contribution in [3.05, 3.63) is 64.1 Å². The number of aromatic nitrogens is 1. The van der Waals surface area contributed by atoms with Crippen LogP contribution in [0.3, 0.4) is 0 Å². The second-order valence-electron chi connectivity index (χ2n) is 6.15. The van der Waals surface area contributed by atoms with E-state index in [2.05, 4.69) is 9.72 Å². The third kappa shape index (κ3) is 6.29.